The molecular formula is C20H23N3O5. The number of para-hydroxylation sites is 1. The predicted octanol–water partition coefficient (Wildman–Crippen LogP) is 3.80. The maximum Gasteiger partial charge on any atom is 0.339 e. The summed E-state index contributed by atoms with van der Waals surface area (Å²) in [5.74, 6) is -1.26. The summed E-state index contributed by atoms with van der Waals surface area (Å²) in [6.45, 7) is 6.86. The molecule has 1 atom stereocenters. The average molecular weight is 385 g/mol. The van der Waals surface area contributed by atoms with E-state index in [0.717, 1.165) is 6.07 Å². The Kier molecular flexibility index (Phi) is 6.35. The predicted molar refractivity (Wildman–Crippen MR) is 106 cm³/mol. The van der Waals surface area contributed by atoms with E-state index in [1.54, 1.807) is 45.0 Å². The lowest BCUT2D eigenvalue weighted by atomic mass is 10.1. The van der Waals surface area contributed by atoms with Crippen LogP contribution in [0.1, 0.15) is 38.1 Å². The molecule has 2 rings (SSSR count). The number of rotatable bonds is 6. The van der Waals surface area contributed by atoms with Gasteiger partial charge in [0, 0.05) is 17.3 Å². The fraction of sp³-hybridized carbons (Fsp3) is 0.300. The van der Waals surface area contributed by atoms with Gasteiger partial charge in [-0.15, -0.1) is 0 Å². The molecule has 1 amide bonds. The maximum absolute atomic E-state index is 12.3. The van der Waals surface area contributed by atoms with E-state index in [-0.39, 0.29) is 16.9 Å². The van der Waals surface area contributed by atoms with Crippen LogP contribution in [0.4, 0.5) is 17.1 Å². The molecule has 0 saturated heterocycles. The number of esters is 1. The summed E-state index contributed by atoms with van der Waals surface area (Å²) < 4.78 is 5.14. The first-order chi connectivity index (χ1) is 13.1. The van der Waals surface area contributed by atoms with Crippen molar-refractivity contribution in [3.8, 4) is 0 Å². The number of carbonyl (C=O) groups is 2. The molecule has 0 aliphatic heterocycles. The first-order valence-corrected chi connectivity index (χ1v) is 8.70. The zero-order chi connectivity index (χ0) is 20.9. The number of hydrogen-bond donors (Lipinski definition) is 2. The third-order valence-corrected chi connectivity index (χ3v) is 3.63. The van der Waals surface area contributed by atoms with E-state index >= 15 is 0 Å². The van der Waals surface area contributed by atoms with Gasteiger partial charge in [0.05, 0.1) is 10.5 Å². The van der Waals surface area contributed by atoms with Gasteiger partial charge in [-0.25, -0.2) is 4.79 Å². The molecule has 8 heteroatoms. The van der Waals surface area contributed by atoms with Crippen molar-refractivity contribution in [2.45, 2.75) is 39.3 Å². The molecule has 2 N–H and O–H groups in total. The van der Waals surface area contributed by atoms with Crippen molar-refractivity contribution in [1.82, 2.24) is 5.32 Å². The van der Waals surface area contributed by atoms with Gasteiger partial charge in [-0.3, -0.25) is 14.9 Å². The normalized spacial score (nSPS) is 12.0. The van der Waals surface area contributed by atoms with Gasteiger partial charge >= 0.3 is 5.97 Å². The first-order valence-electron chi connectivity index (χ1n) is 8.70. The fourth-order valence-electron chi connectivity index (χ4n) is 2.35. The molecule has 28 heavy (non-hydrogen) atoms. The Bertz CT molecular complexity index is 875. The Morgan fingerprint density at radius 2 is 1.75 bits per heavy atom. The fourth-order valence-corrected chi connectivity index (χ4v) is 2.35. The van der Waals surface area contributed by atoms with Gasteiger partial charge in [0.1, 0.15) is 5.69 Å². The van der Waals surface area contributed by atoms with E-state index < -0.39 is 28.4 Å². The van der Waals surface area contributed by atoms with E-state index in [0.29, 0.717) is 5.69 Å². The quantitative estimate of drug-likeness (QED) is 0.444. The lowest BCUT2D eigenvalue weighted by Crippen LogP contribution is -2.46. The average Bonchev–Trinajstić information content (AvgIpc) is 2.61. The number of amides is 1. The number of benzene rings is 2. The van der Waals surface area contributed by atoms with E-state index in [2.05, 4.69) is 10.6 Å². The largest absolute Gasteiger partial charge is 0.449 e. The number of carbonyl (C=O) groups excluding carboxylic acids is 2. The van der Waals surface area contributed by atoms with Crippen molar-refractivity contribution in [1.29, 1.82) is 0 Å². The smallest absolute Gasteiger partial charge is 0.339 e. The molecule has 0 spiro atoms. The topological polar surface area (TPSA) is 111 Å². The van der Waals surface area contributed by atoms with Crippen molar-refractivity contribution >= 4 is 28.9 Å². The molecule has 0 aliphatic carbocycles. The summed E-state index contributed by atoms with van der Waals surface area (Å²) in [5, 5.41) is 17.1. The molecule has 0 radical (unpaired) electrons. The zero-order valence-corrected chi connectivity index (χ0v) is 16.2. The summed E-state index contributed by atoms with van der Waals surface area (Å²) in [5.41, 5.74) is 0.159. The van der Waals surface area contributed by atoms with E-state index in [9.17, 15) is 19.7 Å². The van der Waals surface area contributed by atoms with E-state index in [4.69, 9.17) is 4.74 Å². The second-order valence-electron chi connectivity index (χ2n) is 7.27. The highest BCUT2D eigenvalue weighted by Crippen LogP contribution is 2.29. The second kappa shape index (κ2) is 8.51. The molecule has 0 aliphatic rings. The molecule has 0 heterocycles. The van der Waals surface area contributed by atoms with Crippen molar-refractivity contribution in [2.24, 2.45) is 0 Å². The number of nitrogens with one attached hydrogen (secondary N) is 2. The summed E-state index contributed by atoms with van der Waals surface area (Å²) >= 11 is 0. The minimum Gasteiger partial charge on any atom is -0.449 e. The number of anilines is 2. The number of ether oxygens (including phenoxy) is 1. The summed E-state index contributed by atoms with van der Waals surface area (Å²) in [4.78, 5) is 35.2. The Balaban J connectivity index is 2.17. The molecule has 2 aromatic rings. The van der Waals surface area contributed by atoms with E-state index in [1.165, 1.54) is 19.1 Å². The number of nitrogens with zero attached hydrogens (tertiary/aromatic N) is 1. The van der Waals surface area contributed by atoms with Gasteiger partial charge in [-0.1, -0.05) is 18.2 Å². The van der Waals surface area contributed by atoms with Crippen LogP contribution in [-0.2, 0) is 9.53 Å². The van der Waals surface area contributed by atoms with Gasteiger partial charge in [0.15, 0.2) is 6.10 Å². The highest BCUT2D eigenvalue weighted by atomic mass is 16.6. The van der Waals surface area contributed by atoms with Crippen molar-refractivity contribution in [3.63, 3.8) is 0 Å². The highest BCUT2D eigenvalue weighted by Gasteiger charge is 2.24. The molecule has 2 aromatic carbocycles. The number of hydrogen-bond acceptors (Lipinski definition) is 6. The van der Waals surface area contributed by atoms with Gasteiger partial charge < -0.3 is 15.4 Å². The maximum atomic E-state index is 12.3. The molecule has 0 fully saturated rings. The van der Waals surface area contributed by atoms with Crippen LogP contribution < -0.4 is 10.6 Å². The Morgan fingerprint density at radius 3 is 2.32 bits per heavy atom. The summed E-state index contributed by atoms with van der Waals surface area (Å²) in [7, 11) is 0. The van der Waals surface area contributed by atoms with E-state index in [1.807, 2.05) is 6.07 Å². The number of nitro groups is 1. The molecule has 0 bridgehead atoms. The lowest BCUT2D eigenvalue weighted by Gasteiger charge is -2.23. The molecule has 148 valence electrons. The highest BCUT2D eigenvalue weighted by molar-refractivity contribution is 5.94. The van der Waals surface area contributed by atoms with Crippen LogP contribution >= 0.6 is 0 Å². The van der Waals surface area contributed by atoms with Crippen LogP contribution in [0, 0.1) is 10.1 Å². The standard InChI is InChI=1S/C20H23N3O5/c1-13(18(24)22-20(2,3)4)28-19(25)14-10-11-16(17(12-14)23(26)27)21-15-8-6-5-7-9-15/h5-13,21H,1-4H3,(H,22,24)/t13-/m0/s1. The minimum absolute atomic E-state index is 0.0132. The summed E-state index contributed by atoms with van der Waals surface area (Å²) in [6.07, 6.45) is -1.03. The van der Waals surface area contributed by atoms with Crippen LogP contribution in [0.2, 0.25) is 0 Å². The molecule has 0 saturated carbocycles. The van der Waals surface area contributed by atoms with Crippen LogP contribution in [0.3, 0.4) is 0 Å². The van der Waals surface area contributed by atoms with Gasteiger partial charge in [0.2, 0.25) is 0 Å². The molecule has 0 aromatic heterocycles. The molecule has 0 unspecified atom stereocenters. The summed E-state index contributed by atoms with van der Waals surface area (Å²) in [6, 6.07) is 12.9. The van der Waals surface area contributed by atoms with Crippen LogP contribution in [-0.4, -0.2) is 28.4 Å². The second-order valence-corrected chi connectivity index (χ2v) is 7.27. The zero-order valence-electron chi connectivity index (χ0n) is 16.2. The van der Waals surface area contributed by atoms with Crippen molar-refractivity contribution in [2.75, 3.05) is 5.32 Å². The van der Waals surface area contributed by atoms with Crippen LogP contribution in [0.25, 0.3) is 0 Å². The van der Waals surface area contributed by atoms with Gasteiger partial charge in [-0.2, -0.15) is 0 Å². The third-order valence-electron chi connectivity index (χ3n) is 3.63. The lowest BCUT2D eigenvalue weighted by molar-refractivity contribution is -0.383. The van der Waals surface area contributed by atoms with Crippen molar-refractivity contribution in [3.05, 3.63) is 64.2 Å². The number of nitro benzene ring substituents is 1. The van der Waals surface area contributed by atoms with Gasteiger partial charge in [0.25, 0.3) is 11.6 Å². The SMILES string of the molecule is C[C@H](OC(=O)c1ccc(Nc2ccccc2)c([N+](=O)[O-])c1)C(=O)NC(C)(C)C. The third kappa shape index (κ3) is 5.80. The first kappa shape index (κ1) is 20.9. The molecule has 8 nitrogen and oxygen atoms in total. The Labute approximate surface area is 163 Å². The van der Waals surface area contributed by atoms with Gasteiger partial charge in [-0.05, 0) is 52.0 Å². The van der Waals surface area contributed by atoms with Crippen LogP contribution in [0.5, 0.6) is 0 Å². The Morgan fingerprint density at radius 1 is 1.11 bits per heavy atom. The Hall–Kier alpha value is -3.42. The van der Waals surface area contributed by atoms with Crippen molar-refractivity contribution < 1.29 is 19.2 Å². The molecular weight excluding hydrogens is 362 g/mol. The monoisotopic (exact) mass is 385 g/mol. The minimum atomic E-state index is -1.03. The van der Waals surface area contributed by atoms with Crippen LogP contribution in [0.15, 0.2) is 48.5 Å².